The van der Waals surface area contributed by atoms with Gasteiger partial charge in [-0.3, -0.25) is 4.79 Å². The van der Waals surface area contributed by atoms with E-state index in [0.29, 0.717) is 37.2 Å². The van der Waals surface area contributed by atoms with Crippen LogP contribution in [0.25, 0.3) is 0 Å². The number of aryl methyl sites for hydroxylation is 1. The molecule has 2 aromatic rings. The van der Waals surface area contributed by atoms with Crippen LogP contribution in [0.15, 0.2) is 36.4 Å². The fraction of sp³-hybridized carbons (Fsp3) is 0.480. The average Bonchev–Trinajstić information content (AvgIpc) is 2.73. The Bertz CT molecular complexity index is 1030. The maximum absolute atomic E-state index is 13.7. The molecule has 1 amide bonds. The summed E-state index contributed by atoms with van der Waals surface area (Å²) < 4.78 is 93.2. The summed E-state index contributed by atoms with van der Waals surface area (Å²) in [4.78, 5) is 14.9. The topological polar surface area (TPSA) is 32.3 Å². The fourth-order valence-electron chi connectivity index (χ4n) is 4.79. The van der Waals surface area contributed by atoms with Gasteiger partial charge in [0.2, 0.25) is 5.91 Å². The van der Waals surface area contributed by atoms with E-state index < -0.39 is 41.6 Å². The van der Waals surface area contributed by atoms with Crippen molar-refractivity contribution in [2.45, 2.75) is 64.0 Å². The molecule has 10 heteroatoms. The highest BCUT2D eigenvalue weighted by Gasteiger charge is 2.39. The summed E-state index contributed by atoms with van der Waals surface area (Å²) in [6.45, 7) is 6.34. The molecule has 0 spiro atoms. The zero-order chi connectivity index (χ0) is 26.1. The van der Waals surface area contributed by atoms with Crippen LogP contribution in [-0.4, -0.2) is 36.0 Å². The molecule has 0 unspecified atom stereocenters. The number of carbonyl (C=O) groups is 1. The smallest absolute Gasteiger partial charge is 0.336 e. The maximum atomic E-state index is 13.7. The number of nitrogens with one attached hydrogen (secondary N) is 1. The quantitative estimate of drug-likeness (QED) is 0.500. The van der Waals surface area contributed by atoms with Gasteiger partial charge in [0, 0.05) is 24.5 Å². The Balaban J connectivity index is 1.96. The summed E-state index contributed by atoms with van der Waals surface area (Å²) >= 11 is 0. The number of piperidine rings is 1. The van der Waals surface area contributed by atoms with Gasteiger partial charge in [0.25, 0.3) is 0 Å². The molecule has 1 saturated heterocycles. The molecule has 0 bridgehead atoms. The van der Waals surface area contributed by atoms with E-state index in [1.54, 1.807) is 31.7 Å². The average molecular weight is 504 g/mol. The summed E-state index contributed by atoms with van der Waals surface area (Å²) in [5.41, 5.74) is -1.72. The highest BCUT2D eigenvalue weighted by molar-refractivity contribution is 5.79. The van der Waals surface area contributed by atoms with Gasteiger partial charge in [-0.1, -0.05) is 6.07 Å². The van der Waals surface area contributed by atoms with Crippen molar-refractivity contribution in [3.8, 4) is 0 Å². The second kappa shape index (κ2) is 10.2. The third kappa shape index (κ3) is 6.34. The van der Waals surface area contributed by atoms with Crippen molar-refractivity contribution in [1.29, 1.82) is 0 Å². The van der Waals surface area contributed by atoms with Crippen molar-refractivity contribution in [3.63, 3.8) is 0 Å². The molecule has 1 aliphatic rings. The number of hydrogen-bond acceptors (Lipinski definition) is 2. The van der Waals surface area contributed by atoms with E-state index >= 15 is 0 Å². The van der Waals surface area contributed by atoms with Gasteiger partial charge in [-0.05, 0) is 80.8 Å². The molecule has 0 aliphatic carbocycles. The van der Waals surface area contributed by atoms with Crippen LogP contribution in [0.2, 0.25) is 0 Å². The zero-order valence-corrected chi connectivity index (χ0v) is 19.5. The SMILES string of the molecule is Cc1cc(F)ccc1[C@H]1CNCC[C@@H]1N(C(=O)Cc1cc(C(F)(F)F)cc(C(F)(F)F)c1)C(C)C. The van der Waals surface area contributed by atoms with Crippen LogP contribution in [-0.2, 0) is 23.6 Å². The molecule has 35 heavy (non-hydrogen) atoms. The van der Waals surface area contributed by atoms with Crippen LogP contribution in [0.1, 0.15) is 54.0 Å². The van der Waals surface area contributed by atoms with Crippen molar-refractivity contribution < 1.29 is 35.5 Å². The van der Waals surface area contributed by atoms with Gasteiger partial charge in [-0.15, -0.1) is 0 Å². The molecule has 192 valence electrons. The summed E-state index contributed by atoms with van der Waals surface area (Å²) in [6.07, 6.45) is -10.1. The monoisotopic (exact) mass is 504 g/mol. The number of carbonyl (C=O) groups excluding carboxylic acids is 1. The molecule has 0 aromatic heterocycles. The molecule has 3 rings (SSSR count). The van der Waals surface area contributed by atoms with E-state index in [0.717, 1.165) is 5.56 Å². The Hall–Kier alpha value is -2.62. The van der Waals surface area contributed by atoms with Gasteiger partial charge in [0.15, 0.2) is 0 Å². The van der Waals surface area contributed by atoms with E-state index in [-0.39, 0.29) is 29.6 Å². The normalized spacial score (nSPS) is 19.2. The van der Waals surface area contributed by atoms with Crippen molar-refractivity contribution in [2.75, 3.05) is 13.1 Å². The number of halogens is 7. The maximum Gasteiger partial charge on any atom is 0.416 e. The minimum absolute atomic E-state index is 0.0499. The van der Waals surface area contributed by atoms with Gasteiger partial charge in [-0.25, -0.2) is 4.39 Å². The first-order valence-electron chi connectivity index (χ1n) is 11.2. The Morgan fingerprint density at radius 3 is 2.14 bits per heavy atom. The van der Waals surface area contributed by atoms with Crippen LogP contribution >= 0.6 is 0 Å². The molecular formula is C25H27F7N2O. The minimum atomic E-state index is -4.99. The molecule has 1 heterocycles. The molecule has 1 fully saturated rings. The van der Waals surface area contributed by atoms with Crippen LogP contribution in [0.5, 0.6) is 0 Å². The van der Waals surface area contributed by atoms with Gasteiger partial charge in [0.1, 0.15) is 5.82 Å². The van der Waals surface area contributed by atoms with Crippen molar-refractivity contribution >= 4 is 5.91 Å². The number of nitrogens with zero attached hydrogens (tertiary/aromatic N) is 1. The van der Waals surface area contributed by atoms with E-state index in [1.807, 2.05) is 0 Å². The number of rotatable bonds is 5. The fourth-order valence-corrected chi connectivity index (χ4v) is 4.79. The van der Waals surface area contributed by atoms with E-state index in [2.05, 4.69) is 5.32 Å². The Morgan fingerprint density at radius 1 is 1.03 bits per heavy atom. The summed E-state index contributed by atoms with van der Waals surface area (Å²) in [7, 11) is 0. The Labute approximate surface area is 199 Å². The van der Waals surface area contributed by atoms with Crippen LogP contribution in [0, 0.1) is 12.7 Å². The molecule has 0 radical (unpaired) electrons. The predicted molar refractivity (Wildman–Crippen MR) is 117 cm³/mol. The number of amides is 1. The first-order chi connectivity index (χ1) is 16.2. The second-order valence-corrected chi connectivity index (χ2v) is 9.15. The van der Waals surface area contributed by atoms with Crippen LogP contribution in [0.3, 0.4) is 0 Å². The standard InChI is InChI=1S/C25H27F7N2O/c1-14(2)34(22-6-7-33-13-21(22)20-5-4-19(26)8-15(20)3)23(35)11-16-9-17(24(27,28)29)12-18(10-16)25(30,31)32/h4-5,8-10,12,14,21-22,33H,6-7,11,13H2,1-3H3/t21-,22+/m1/s1. The lowest BCUT2D eigenvalue weighted by atomic mass is 9.83. The van der Waals surface area contributed by atoms with E-state index in [9.17, 15) is 35.5 Å². The third-order valence-corrected chi connectivity index (χ3v) is 6.28. The summed E-state index contributed by atoms with van der Waals surface area (Å²) in [5.74, 6) is -1.18. The van der Waals surface area contributed by atoms with E-state index in [4.69, 9.17) is 0 Å². The highest BCUT2D eigenvalue weighted by Crippen LogP contribution is 2.37. The van der Waals surface area contributed by atoms with E-state index in [1.165, 1.54) is 12.1 Å². The molecule has 2 atom stereocenters. The minimum Gasteiger partial charge on any atom is -0.336 e. The van der Waals surface area contributed by atoms with Crippen molar-refractivity contribution in [2.24, 2.45) is 0 Å². The van der Waals surface area contributed by atoms with Gasteiger partial charge in [-0.2, -0.15) is 26.3 Å². The lowest BCUT2D eigenvalue weighted by Gasteiger charge is -2.43. The van der Waals surface area contributed by atoms with Crippen LogP contribution < -0.4 is 5.32 Å². The number of hydrogen-bond donors (Lipinski definition) is 1. The first kappa shape index (κ1) is 27.0. The second-order valence-electron chi connectivity index (χ2n) is 9.15. The number of alkyl halides is 6. The molecular weight excluding hydrogens is 477 g/mol. The molecule has 0 saturated carbocycles. The highest BCUT2D eigenvalue weighted by atomic mass is 19.4. The largest absolute Gasteiger partial charge is 0.416 e. The van der Waals surface area contributed by atoms with Gasteiger partial charge >= 0.3 is 12.4 Å². The lowest BCUT2D eigenvalue weighted by molar-refractivity contribution is -0.143. The van der Waals surface area contributed by atoms with Gasteiger partial charge < -0.3 is 10.2 Å². The summed E-state index contributed by atoms with van der Waals surface area (Å²) in [5, 5.41) is 3.25. The molecule has 1 aliphatic heterocycles. The molecule has 1 N–H and O–H groups in total. The first-order valence-corrected chi connectivity index (χ1v) is 11.2. The predicted octanol–water partition coefficient (Wildman–Crippen LogP) is 6.10. The Kier molecular flexibility index (Phi) is 7.83. The lowest BCUT2D eigenvalue weighted by Crippen LogP contribution is -2.53. The van der Waals surface area contributed by atoms with Crippen molar-refractivity contribution in [1.82, 2.24) is 10.2 Å². The Morgan fingerprint density at radius 2 is 1.63 bits per heavy atom. The van der Waals surface area contributed by atoms with Gasteiger partial charge in [0.05, 0.1) is 17.5 Å². The molecule has 2 aromatic carbocycles. The van der Waals surface area contributed by atoms with Crippen LogP contribution in [0.4, 0.5) is 30.7 Å². The third-order valence-electron chi connectivity index (χ3n) is 6.28. The molecule has 3 nitrogen and oxygen atoms in total. The zero-order valence-electron chi connectivity index (χ0n) is 19.5. The number of benzene rings is 2. The van der Waals surface area contributed by atoms with Crippen molar-refractivity contribution in [3.05, 3.63) is 70.0 Å². The summed E-state index contributed by atoms with van der Waals surface area (Å²) in [6, 6.07) is 4.89.